The monoisotopic (exact) mass is 517 g/mol. The lowest BCUT2D eigenvalue weighted by Gasteiger charge is -2.15. The Morgan fingerprint density at radius 2 is 2.22 bits per heavy atom. The molecule has 1 heterocycles. The molecule has 1 aliphatic rings. The molecule has 1 amide bonds. The number of nitrogens with zero attached hydrogens (tertiary/aromatic N) is 1. The zero-order valence-electron chi connectivity index (χ0n) is 13.9. The number of carbonyl (C=O) groups is 1. The van der Waals surface area contributed by atoms with Crippen LogP contribution < -0.4 is 10.8 Å². The third kappa shape index (κ3) is 4.18. The zero-order chi connectivity index (χ0) is 19.0. The molecule has 5 nitrogen and oxygen atoms in total. The summed E-state index contributed by atoms with van der Waals surface area (Å²) in [5.74, 6) is -0.582. The molecule has 0 radical (unpaired) electrons. The summed E-state index contributed by atoms with van der Waals surface area (Å²) in [4.78, 5) is 21.9. The molecule has 2 aromatic carbocycles. The van der Waals surface area contributed by atoms with Crippen molar-refractivity contribution in [1.82, 2.24) is 10.5 Å². The lowest BCUT2D eigenvalue weighted by atomic mass is 10.1. The van der Waals surface area contributed by atoms with Crippen LogP contribution in [-0.4, -0.2) is 17.5 Å². The molecule has 0 saturated heterocycles. The number of halogens is 3. The zero-order valence-corrected chi connectivity index (χ0v) is 17.6. The van der Waals surface area contributed by atoms with Crippen LogP contribution in [0.1, 0.15) is 23.2 Å². The number of nitrogens with one attached hydrogen (secondary N) is 2. The quantitative estimate of drug-likeness (QED) is 0.334. The van der Waals surface area contributed by atoms with Crippen molar-refractivity contribution in [3.05, 3.63) is 49.7 Å². The van der Waals surface area contributed by atoms with Crippen LogP contribution in [0.15, 0.2) is 29.8 Å². The second kappa shape index (κ2) is 7.86. The Morgan fingerprint density at radius 3 is 2.96 bits per heavy atom. The standard InChI is InChI=1S/C18H14ClFIN3O2S/c19-12-5-10(21)3-4-14(12)23-15-11(18(25)24-26-7-9-1-2-9)6-13(20)16-17(15)27-8-22-16/h3-6,8-9,23H,1-2,7H2,(H,24,25). The van der Waals surface area contributed by atoms with E-state index in [4.69, 9.17) is 16.4 Å². The van der Waals surface area contributed by atoms with Crippen molar-refractivity contribution in [2.45, 2.75) is 12.8 Å². The number of benzene rings is 2. The van der Waals surface area contributed by atoms with E-state index < -0.39 is 11.7 Å². The smallest absolute Gasteiger partial charge is 0.277 e. The molecular weight excluding hydrogens is 504 g/mol. The van der Waals surface area contributed by atoms with Crippen molar-refractivity contribution >= 4 is 73.0 Å². The topological polar surface area (TPSA) is 63.2 Å². The average Bonchev–Trinajstić information content (AvgIpc) is 3.31. The van der Waals surface area contributed by atoms with E-state index in [0.717, 1.165) is 16.4 Å². The molecule has 0 bridgehead atoms. The van der Waals surface area contributed by atoms with Crippen LogP contribution in [0.5, 0.6) is 0 Å². The van der Waals surface area contributed by atoms with Gasteiger partial charge in [0.05, 0.1) is 38.8 Å². The third-order valence-electron chi connectivity index (χ3n) is 4.18. The maximum atomic E-state index is 14.4. The highest BCUT2D eigenvalue weighted by molar-refractivity contribution is 14.1. The van der Waals surface area contributed by atoms with Gasteiger partial charge in [0.15, 0.2) is 5.82 Å². The minimum absolute atomic E-state index is 0.134. The summed E-state index contributed by atoms with van der Waals surface area (Å²) in [6, 6.07) is 6.67. The fraction of sp³-hybridized carbons (Fsp3) is 0.222. The van der Waals surface area contributed by atoms with Crippen LogP contribution in [0, 0.1) is 15.3 Å². The van der Waals surface area contributed by atoms with E-state index in [1.54, 1.807) is 11.6 Å². The number of hydrogen-bond acceptors (Lipinski definition) is 5. The minimum atomic E-state index is -0.558. The third-order valence-corrected chi connectivity index (χ3v) is 6.01. The largest absolute Gasteiger partial charge is 0.352 e. The van der Waals surface area contributed by atoms with Crippen molar-refractivity contribution in [3.8, 4) is 0 Å². The molecule has 140 valence electrons. The number of anilines is 2. The van der Waals surface area contributed by atoms with Gasteiger partial charge in [-0.15, -0.1) is 11.3 Å². The lowest BCUT2D eigenvalue weighted by molar-refractivity contribution is 0.0271. The molecule has 4 rings (SSSR count). The Bertz CT molecular complexity index is 1030. The molecule has 1 aromatic heterocycles. The van der Waals surface area contributed by atoms with E-state index in [0.29, 0.717) is 33.6 Å². The molecule has 27 heavy (non-hydrogen) atoms. The first kappa shape index (κ1) is 18.9. The van der Waals surface area contributed by atoms with Crippen LogP contribution in [0.4, 0.5) is 15.8 Å². The molecule has 1 fully saturated rings. The SMILES string of the molecule is O=C(NOCC1CC1)c1cc(F)c2ncsc2c1Nc1ccc(I)cc1Cl. The predicted octanol–water partition coefficient (Wildman–Crippen LogP) is 5.51. The number of aromatic nitrogens is 1. The molecule has 0 unspecified atom stereocenters. The summed E-state index contributed by atoms with van der Waals surface area (Å²) in [6.07, 6.45) is 2.21. The van der Waals surface area contributed by atoms with Crippen LogP contribution in [0.25, 0.3) is 10.2 Å². The van der Waals surface area contributed by atoms with Crippen molar-refractivity contribution in [2.75, 3.05) is 11.9 Å². The van der Waals surface area contributed by atoms with Gasteiger partial charge in [-0.25, -0.2) is 14.9 Å². The van der Waals surface area contributed by atoms with Gasteiger partial charge in [0.1, 0.15) is 5.52 Å². The summed E-state index contributed by atoms with van der Waals surface area (Å²) in [5, 5.41) is 3.67. The number of amides is 1. The second-order valence-corrected chi connectivity index (χ2v) is 8.75. The van der Waals surface area contributed by atoms with E-state index in [-0.39, 0.29) is 11.1 Å². The van der Waals surface area contributed by atoms with E-state index >= 15 is 0 Å². The molecule has 9 heteroatoms. The highest BCUT2D eigenvalue weighted by atomic mass is 127. The number of hydroxylamine groups is 1. The van der Waals surface area contributed by atoms with Crippen LogP contribution in [0.3, 0.4) is 0 Å². The van der Waals surface area contributed by atoms with Crippen LogP contribution >= 0.6 is 45.5 Å². The predicted molar refractivity (Wildman–Crippen MR) is 113 cm³/mol. The summed E-state index contributed by atoms with van der Waals surface area (Å²) in [5.41, 5.74) is 5.36. The van der Waals surface area contributed by atoms with Gasteiger partial charge in [-0.3, -0.25) is 9.63 Å². The average molecular weight is 518 g/mol. The Morgan fingerprint density at radius 1 is 1.41 bits per heavy atom. The molecule has 2 N–H and O–H groups in total. The first-order valence-corrected chi connectivity index (χ1v) is 10.6. The van der Waals surface area contributed by atoms with Gasteiger partial charge < -0.3 is 5.32 Å². The first-order valence-electron chi connectivity index (χ1n) is 8.23. The van der Waals surface area contributed by atoms with Crippen LogP contribution in [0.2, 0.25) is 5.02 Å². The molecule has 1 aliphatic carbocycles. The van der Waals surface area contributed by atoms with Crippen molar-refractivity contribution in [3.63, 3.8) is 0 Å². The Balaban J connectivity index is 1.70. The van der Waals surface area contributed by atoms with E-state index in [2.05, 4.69) is 38.4 Å². The highest BCUT2D eigenvalue weighted by Crippen LogP contribution is 2.37. The molecule has 3 aromatic rings. The van der Waals surface area contributed by atoms with Gasteiger partial charge in [-0.2, -0.15) is 0 Å². The number of rotatable bonds is 6. The van der Waals surface area contributed by atoms with Gasteiger partial charge in [0.2, 0.25) is 0 Å². The van der Waals surface area contributed by atoms with E-state index in [1.807, 2.05) is 12.1 Å². The molecule has 0 aliphatic heterocycles. The number of thiazole rings is 1. The first-order chi connectivity index (χ1) is 13.0. The van der Waals surface area contributed by atoms with Gasteiger partial charge in [0, 0.05) is 3.57 Å². The van der Waals surface area contributed by atoms with Crippen molar-refractivity contribution in [1.29, 1.82) is 0 Å². The molecular formula is C18H14ClFIN3O2S. The highest BCUT2D eigenvalue weighted by Gasteiger charge is 2.24. The fourth-order valence-electron chi connectivity index (χ4n) is 2.58. The lowest BCUT2D eigenvalue weighted by Crippen LogP contribution is -2.25. The minimum Gasteiger partial charge on any atom is -0.352 e. The number of fused-ring (bicyclic) bond motifs is 1. The number of hydrogen-bond donors (Lipinski definition) is 2. The second-order valence-electron chi connectivity index (χ2n) is 6.25. The Hall–Kier alpha value is -1.49. The normalized spacial score (nSPS) is 13.7. The maximum Gasteiger partial charge on any atom is 0.277 e. The summed E-state index contributed by atoms with van der Waals surface area (Å²) < 4.78 is 15.9. The molecule has 0 atom stereocenters. The fourth-order valence-corrected chi connectivity index (χ4v) is 4.28. The van der Waals surface area contributed by atoms with Crippen molar-refractivity contribution in [2.24, 2.45) is 5.92 Å². The van der Waals surface area contributed by atoms with Gasteiger partial charge in [-0.1, -0.05) is 11.6 Å². The summed E-state index contributed by atoms with van der Waals surface area (Å²) in [6.45, 7) is 0.461. The number of carbonyl (C=O) groups excluding carboxylic acids is 1. The van der Waals surface area contributed by atoms with Gasteiger partial charge in [0.25, 0.3) is 5.91 Å². The van der Waals surface area contributed by atoms with Crippen LogP contribution in [-0.2, 0) is 4.84 Å². The summed E-state index contributed by atoms with van der Waals surface area (Å²) >= 11 is 9.72. The Labute approximate surface area is 177 Å². The Kier molecular flexibility index (Phi) is 5.49. The molecule has 0 spiro atoms. The van der Waals surface area contributed by atoms with Gasteiger partial charge >= 0.3 is 0 Å². The van der Waals surface area contributed by atoms with E-state index in [1.165, 1.54) is 17.4 Å². The van der Waals surface area contributed by atoms with Gasteiger partial charge in [-0.05, 0) is 65.6 Å². The summed E-state index contributed by atoms with van der Waals surface area (Å²) in [7, 11) is 0. The molecule has 1 saturated carbocycles. The van der Waals surface area contributed by atoms with E-state index in [9.17, 15) is 9.18 Å². The maximum absolute atomic E-state index is 14.4. The van der Waals surface area contributed by atoms with Crippen molar-refractivity contribution < 1.29 is 14.0 Å².